The van der Waals surface area contributed by atoms with Gasteiger partial charge in [0.15, 0.2) is 0 Å². The van der Waals surface area contributed by atoms with E-state index in [0.29, 0.717) is 19.6 Å². The molecule has 0 saturated carbocycles. The van der Waals surface area contributed by atoms with Gasteiger partial charge in [-0.3, -0.25) is 9.59 Å². The van der Waals surface area contributed by atoms with Gasteiger partial charge in [0.1, 0.15) is 0 Å². The van der Waals surface area contributed by atoms with E-state index < -0.39 is 6.04 Å². The summed E-state index contributed by atoms with van der Waals surface area (Å²) in [6.45, 7) is 4.66. The molecule has 0 aromatic carbocycles. The molecule has 0 aromatic rings. The highest BCUT2D eigenvalue weighted by atomic mass is 16.5. The van der Waals surface area contributed by atoms with Crippen LogP contribution in [0.25, 0.3) is 0 Å². The van der Waals surface area contributed by atoms with E-state index in [1.165, 1.54) is 4.90 Å². The molecule has 6 heteroatoms. The van der Waals surface area contributed by atoms with Crippen LogP contribution in [0, 0.1) is 0 Å². The van der Waals surface area contributed by atoms with Gasteiger partial charge in [0.25, 0.3) is 0 Å². The standard InChI is InChI=1S/C12H23N3O3/c1-4-6-10(13)12(17)15(2)9-11(16)14-7-5-8-18-3/h4,10H,1,5-9,13H2,2-3H3,(H,14,16). The number of hydrogen-bond acceptors (Lipinski definition) is 4. The Labute approximate surface area is 108 Å². The summed E-state index contributed by atoms with van der Waals surface area (Å²) in [7, 11) is 3.16. The number of nitrogens with zero attached hydrogens (tertiary/aromatic N) is 1. The Morgan fingerprint density at radius 2 is 2.22 bits per heavy atom. The minimum absolute atomic E-state index is 0.0106. The van der Waals surface area contributed by atoms with Crippen molar-refractivity contribution >= 4 is 11.8 Å². The van der Waals surface area contributed by atoms with Gasteiger partial charge in [-0.15, -0.1) is 6.58 Å². The van der Waals surface area contributed by atoms with Gasteiger partial charge in [-0.25, -0.2) is 0 Å². The average molecular weight is 257 g/mol. The lowest BCUT2D eigenvalue weighted by Gasteiger charge is -2.20. The zero-order chi connectivity index (χ0) is 14.0. The van der Waals surface area contributed by atoms with Crippen molar-refractivity contribution in [2.45, 2.75) is 18.9 Å². The largest absolute Gasteiger partial charge is 0.385 e. The van der Waals surface area contributed by atoms with Crippen LogP contribution in [0.5, 0.6) is 0 Å². The second-order valence-corrected chi connectivity index (χ2v) is 4.02. The first-order chi connectivity index (χ1) is 8.52. The molecule has 104 valence electrons. The molecule has 0 rings (SSSR count). The predicted molar refractivity (Wildman–Crippen MR) is 69.9 cm³/mol. The monoisotopic (exact) mass is 257 g/mol. The van der Waals surface area contributed by atoms with Crippen LogP contribution >= 0.6 is 0 Å². The zero-order valence-electron chi connectivity index (χ0n) is 11.1. The Hall–Kier alpha value is -1.40. The van der Waals surface area contributed by atoms with Crippen LogP contribution in [-0.4, -0.2) is 56.6 Å². The Kier molecular flexibility index (Phi) is 8.86. The predicted octanol–water partition coefficient (Wildman–Crippen LogP) is -0.499. The van der Waals surface area contributed by atoms with Crippen LogP contribution in [0.2, 0.25) is 0 Å². The molecule has 0 fully saturated rings. The van der Waals surface area contributed by atoms with Crippen molar-refractivity contribution in [3.05, 3.63) is 12.7 Å². The normalized spacial score (nSPS) is 11.7. The van der Waals surface area contributed by atoms with Crippen molar-refractivity contribution in [3.63, 3.8) is 0 Å². The molecule has 1 unspecified atom stereocenters. The molecule has 0 aromatic heterocycles. The maximum absolute atomic E-state index is 11.7. The van der Waals surface area contributed by atoms with E-state index in [2.05, 4.69) is 11.9 Å². The quantitative estimate of drug-likeness (QED) is 0.431. The van der Waals surface area contributed by atoms with Crippen molar-refractivity contribution in [1.29, 1.82) is 0 Å². The van der Waals surface area contributed by atoms with Gasteiger partial charge in [-0.05, 0) is 12.8 Å². The molecule has 1 atom stereocenters. The molecule has 6 nitrogen and oxygen atoms in total. The number of nitrogens with one attached hydrogen (secondary N) is 1. The van der Waals surface area contributed by atoms with Crippen molar-refractivity contribution in [3.8, 4) is 0 Å². The first kappa shape index (κ1) is 16.6. The maximum Gasteiger partial charge on any atom is 0.240 e. The van der Waals surface area contributed by atoms with Gasteiger partial charge in [0.05, 0.1) is 12.6 Å². The molecule has 0 spiro atoms. The molecule has 0 bridgehead atoms. The molecule has 0 radical (unpaired) electrons. The number of ether oxygens (including phenoxy) is 1. The van der Waals surface area contributed by atoms with Gasteiger partial charge < -0.3 is 20.7 Å². The molecule has 3 N–H and O–H groups in total. The summed E-state index contributed by atoms with van der Waals surface area (Å²) in [5.74, 6) is -0.463. The first-order valence-electron chi connectivity index (χ1n) is 5.90. The topological polar surface area (TPSA) is 84.7 Å². The fourth-order valence-electron chi connectivity index (χ4n) is 1.36. The number of likely N-dealkylation sites (N-methyl/N-ethyl adjacent to an activating group) is 1. The van der Waals surface area contributed by atoms with Crippen molar-refractivity contribution in [1.82, 2.24) is 10.2 Å². The summed E-state index contributed by atoms with van der Waals surface area (Å²) >= 11 is 0. The van der Waals surface area contributed by atoms with Gasteiger partial charge in [-0.1, -0.05) is 6.08 Å². The van der Waals surface area contributed by atoms with E-state index in [0.717, 1.165) is 6.42 Å². The lowest BCUT2D eigenvalue weighted by Crippen LogP contribution is -2.45. The van der Waals surface area contributed by atoms with Crippen molar-refractivity contribution in [2.75, 3.05) is 33.9 Å². The minimum atomic E-state index is -0.631. The number of amides is 2. The van der Waals surface area contributed by atoms with Crippen LogP contribution in [0.1, 0.15) is 12.8 Å². The number of carbonyl (C=O) groups excluding carboxylic acids is 2. The lowest BCUT2D eigenvalue weighted by molar-refractivity contribution is -0.135. The Morgan fingerprint density at radius 1 is 1.56 bits per heavy atom. The third-order valence-electron chi connectivity index (χ3n) is 2.34. The van der Waals surface area contributed by atoms with Gasteiger partial charge >= 0.3 is 0 Å². The summed E-state index contributed by atoms with van der Waals surface area (Å²) in [4.78, 5) is 24.5. The third-order valence-corrected chi connectivity index (χ3v) is 2.34. The molecule has 18 heavy (non-hydrogen) atoms. The molecule has 2 amide bonds. The molecule has 0 saturated heterocycles. The second-order valence-electron chi connectivity index (χ2n) is 4.02. The SMILES string of the molecule is C=CCC(N)C(=O)N(C)CC(=O)NCCCOC. The van der Waals surface area contributed by atoms with Crippen LogP contribution in [-0.2, 0) is 14.3 Å². The van der Waals surface area contributed by atoms with Crippen LogP contribution in [0.3, 0.4) is 0 Å². The summed E-state index contributed by atoms with van der Waals surface area (Å²) < 4.78 is 4.86. The van der Waals surface area contributed by atoms with Crippen molar-refractivity contribution in [2.24, 2.45) is 5.73 Å². The minimum Gasteiger partial charge on any atom is -0.385 e. The van der Waals surface area contributed by atoms with E-state index in [1.807, 2.05) is 0 Å². The van der Waals surface area contributed by atoms with Gasteiger partial charge in [-0.2, -0.15) is 0 Å². The number of methoxy groups -OCH3 is 1. The van der Waals surface area contributed by atoms with E-state index in [-0.39, 0.29) is 18.4 Å². The molecule has 0 aliphatic heterocycles. The fourth-order valence-corrected chi connectivity index (χ4v) is 1.36. The van der Waals surface area contributed by atoms with Crippen LogP contribution in [0.4, 0.5) is 0 Å². The summed E-state index contributed by atoms with van der Waals surface area (Å²) in [6.07, 6.45) is 2.73. The molecular weight excluding hydrogens is 234 g/mol. The zero-order valence-corrected chi connectivity index (χ0v) is 11.1. The van der Waals surface area contributed by atoms with Gasteiger partial charge in [0.2, 0.25) is 11.8 Å². The summed E-state index contributed by atoms with van der Waals surface area (Å²) in [5, 5.41) is 2.70. The average Bonchev–Trinajstić information content (AvgIpc) is 2.34. The van der Waals surface area contributed by atoms with Crippen molar-refractivity contribution < 1.29 is 14.3 Å². The number of rotatable bonds is 9. The lowest BCUT2D eigenvalue weighted by atomic mass is 10.2. The van der Waals surface area contributed by atoms with E-state index in [9.17, 15) is 9.59 Å². The maximum atomic E-state index is 11.7. The van der Waals surface area contributed by atoms with Crippen LogP contribution in [0.15, 0.2) is 12.7 Å². The summed E-state index contributed by atoms with van der Waals surface area (Å²) in [5.41, 5.74) is 5.63. The molecule has 0 aliphatic rings. The Balaban J connectivity index is 3.91. The van der Waals surface area contributed by atoms with E-state index in [1.54, 1.807) is 20.2 Å². The number of carbonyl (C=O) groups is 2. The fraction of sp³-hybridized carbons (Fsp3) is 0.667. The molecule has 0 aliphatic carbocycles. The summed E-state index contributed by atoms with van der Waals surface area (Å²) in [6, 6.07) is -0.631. The Morgan fingerprint density at radius 3 is 2.78 bits per heavy atom. The number of hydrogen-bond donors (Lipinski definition) is 2. The number of nitrogens with two attached hydrogens (primary N) is 1. The highest BCUT2D eigenvalue weighted by Crippen LogP contribution is 1.95. The van der Waals surface area contributed by atoms with Crippen LogP contribution < -0.4 is 11.1 Å². The molecule has 0 heterocycles. The van der Waals surface area contributed by atoms with Gasteiger partial charge in [0, 0.05) is 27.3 Å². The van der Waals surface area contributed by atoms with E-state index >= 15 is 0 Å². The first-order valence-corrected chi connectivity index (χ1v) is 5.90. The smallest absolute Gasteiger partial charge is 0.240 e. The highest BCUT2D eigenvalue weighted by Gasteiger charge is 2.18. The second kappa shape index (κ2) is 9.61. The van der Waals surface area contributed by atoms with E-state index in [4.69, 9.17) is 10.5 Å². The Bertz CT molecular complexity index is 282. The highest BCUT2D eigenvalue weighted by molar-refractivity contribution is 5.87. The third kappa shape index (κ3) is 7.03. The molecular formula is C12H23N3O3.